The fraction of sp³-hybridized carbons (Fsp3) is 0.364. The Balaban J connectivity index is 2.75. The smallest absolute Gasteiger partial charge is 0.145 e. The number of carbonyl (C=O) groups excluding carboxylic acids is 1. The van der Waals surface area contributed by atoms with E-state index < -0.39 is 16.0 Å². The van der Waals surface area contributed by atoms with Crippen LogP contribution in [0.1, 0.15) is 19.4 Å². The molecular weight excluding hydrogens is 232 g/mol. The first kappa shape index (κ1) is 12.4. The van der Waals surface area contributed by atoms with Crippen LogP contribution in [-0.4, -0.2) is 15.2 Å². The number of hydrogen-bond donors (Lipinski definition) is 0. The minimum Gasteiger partial charge on any atom is -0.299 e. The first-order valence-corrected chi connectivity index (χ1v) is 6.39. The van der Waals surface area contributed by atoms with Crippen molar-refractivity contribution in [2.75, 3.05) is 0 Å². The fourth-order valence-electron chi connectivity index (χ4n) is 1.08. The van der Waals surface area contributed by atoms with Crippen LogP contribution in [0.3, 0.4) is 0 Å². The second-order valence-electron chi connectivity index (χ2n) is 3.37. The molecular formula is C11H13ClO2S. The molecule has 0 amide bonds. The van der Waals surface area contributed by atoms with Gasteiger partial charge in [-0.3, -0.25) is 9.00 Å². The molecule has 0 fully saturated rings. The Morgan fingerprint density at radius 3 is 2.60 bits per heavy atom. The van der Waals surface area contributed by atoms with Crippen molar-refractivity contribution >= 4 is 28.2 Å². The fourth-order valence-corrected chi connectivity index (χ4v) is 2.54. The Bertz CT molecular complexity index is 390. The molecule has 2 nitrogen and oxygen atoms in total. The molecule has 82 valence electrons. The molecule has 0 aliphatic rings. The summed E-state index contributed by atoms with van der Waals surface area (Å²) in [5.74, 6) is 0.279. The molecule has 15 heavy (non-hydrogen) atoms. The molecule has 0 saturated carbocycles. The number of hydrogen-bond acceptors (Lipinski definition) is 2. The van der Waals surface area contributed by atoms with E-state index in [1.54, 1.807) is 13.0 Å². The van der Waals surface area contributed by atoms with Crippen LogP contribution in [0.4, 0.5) is 0 Å². The van der Waals surface area contributed by atoms with Gasteiger partial charge in [0.05, 0.1) is 11.0 Å². The van der Waals surface area contributed by atoms with E-state index in [-0.39, 0.29) is 5.78 Å². The van der Waals surface area contributed by atoms with E-state index in [1.807, 2.05) is 18.2 Å². The highest BCUT2D eigenvalue weighted by molar-refractivity contribution is 7.85. The first-order valence-electron chi connectivity index (χ1n) is 4.63. The third kappa shape index (κ3) is 3.43. The predicted molar refractivity (Wildman–Crippen MR) is 63.4 cm³/mol. The van der Waals surface area contributed by atoms with Crippen molar-refractivity contribution in [1.82, 2.24) is 0 Å². The van der Waals surface area contributed by atoms with Crippen LogP contribution < -0.4 is 0 Å². The van der Waals surface area contributed by atoms with Gasteiger partial charge in [0.1, 0.15) is 5.78 Å². The van der Waals surface area contributed by atoms with Gasteiger partial charge in [-0.2, -0.15) is 0 Å². The predicted octanol–water partition coefficient (Wildman–Crippen LogP) is 2.57. The van der Waals surface area contributed by atoms with E-state index >= 15 is 0 Å². The summed E-state index contributed by atoms with van der Waals surface area (Å²) in [4.78, 5) is 11.0. The normalized spacial score (nSPS) is 14.6. The number of Topliss-reactive ketones (excluding diaryl/α,β-unsaturated/α-hetero) is 1. The summed E-state index contributed by atoms with van der Waals surface area (Å²) in [5, 5.41) is 0.169. The molecule has 0 saturated heterocycles. The van der Waals surface area contributed by atoms with Crippen LogP contribution in [0, 0.1) is 0 Å². The molecule has 0 bridgehead atoms. The summed E-state index contributed by atoms with van der Waals surface area (Å²) in [6, 6.07) is 7.25. The lowest BCUT2D eigenvalue weighted by molar-refractivity contribution is -0.116. The zero-order chi connectivity index (χ0) is 11.4. The standard InChI is InChI=1S/C11H13ClO2S/c1-8(13)9(2)15(14)7-10-5-3-4-6-11(10)12/h3-6,9H,7H2,1-2H3. The molecule has 1 aromatic carbocycles. The van der Waals surface area contributed by atoms with E-state index in [2.05, 4.69) is 0 Å². The number of ketones is 1. The average molecular weight is 245 g/mol. The molecule has 0 heterocycles. The molecule has 0 radical (unpaired) electrons. The summed E-state index contributed by atoms with van der Waals surface area (Å²) < 4.78 is 11.7. The first-order chi connectivity index (χ1) is 7.02. The van der Waals surface area contributed by atoms with Crippen molar-refractivity contribution in [2.45, 2.75) is 24.9 Å². The second kappa shape index (κ2) is 5.42. The molecule has 2 unspecified atom stereocenters. The number of rotatable bonds is 4. The lowest BCUT2D eigenvalue weighted by atomic mass is 10.2. The molecule has 1 rings (SSSR count). The quantitative estimate of drug-likeness (QED) is 0.816. The summed E-state index contributed by atoms with van der Waals surface area (Å²) >= 11 is 5.93. The van der Waals surface area contributed by atoms with Gasteiger partial charge < -0.3 is 0 Å². The van der Waals surface area contributed by atoms with E-state index in [0.717, 1.165) is 5.56 Å². The zero-order valence-corrected chi connectivity index (χ0v) is 10.3. The van der Waals surface area contributed by atoms with Crippen molar-refractivity contribution in [1.29, 1.82) is 0 Å². The third-order valence-electron chi connectivity index (χ3n) is 2.22. The topological polar surface area (TPSA) is 34.1 Å². The van der Waals surface area contributed by atoms with Gasteiger partial charge in [-0.15, -0.1) is 0 Å². The second-order valence-corrected chi connectivity index (χ2v) is 5.53. The van der Waals surface area contributed by atoms with Gasteiger partial charge in [-0.05, 0) is 25.5 Å². The summed E-state index contributed by atoms with van der Waals surface area (Å²) in [6.45, 7) is 3.13. The number of benzene rings is 1. The van der Waals surface area contributed by atoms with Crippen molar-refractivity contribution in [3.63, 3.8) is 0 Å². The summed E-state index contributed by atoms with van der Waals surface area (Å²) in [7, 11) is -1.19. The highest BCUT2D eigenvalue weighted by Crippen LogP contribution is 2.17. The monoisotopic (exact) mass is 244 g/mol. The van der Waals surface area contributed by atoms with Gasteiger partial charge in [-0.1, -0.05) is 29.8 Å². The Labute approximate surface area is 97.1 Å². The van der Waals surface area contributed by atoms with Gasteiger partial charge in [0.25, 0.3) is 0 Å². The van der Waals surface area contributed by atoms with Crippen molar-refractivity contribution in [2.24, 2.45) is 0 Å². The van der Waals surface area contributed by atoms with Crippen molar-refractivity contribution in [3.05, 3.63) is 34.9 Å². The van der Waals surface area contributed by atoms with Gasteiger partial charge >= 0.3 is 0 Å². The summed E-state index contributed by atoms with van der Waals surface area (Å²) in [6.07, 6.45) is 0. The highest BCUT2D eigenvalue weighted by Gasteiger charge is 2.16. The molecule has 0 spiro atoms. The maximum Gasteiger partial charge on any atom is 0.145 e. The van der Waals surface area contributed by atoms with Crippen LogP contribution in [0.15, 0.2) is 24.3 Å². The van der Waals surface area contributed by atoms with E-state index in [1.165, 1.54) is 6.92 Å². The van der Waals surface area contributed by atoms with Crippen LogP contribution in [0.5, 0.6) is 0 Å². The van der Waals surface area contributed by atoms with E-state index in [4.69, 9.17) is 11.6 Å². The largest absolute Gasteiger partial charge is 0.299 e. The zero-order valence-electron chi connectivity index (χ0n) is 8.70. The third-order valence-corrected chi connectivity index (χ3v) is 4.31. The Kier molecular flexibility index (Phi) is 4.48. The Morgan fingerprint density at radius 1 is 1.47 bits per heavy atom. The molecule has 2 atom stereocenters. The van der Waals surface area contributed by atoms with Gasteiger partial charge in [0.15, 0.2) is 0 Å². The lowest BCUT2D eigenvalue weighted by Crippen LogP contribution is -2.20. The SMILES string of the molecule is CC(=O)C(C)S(=O)Cc1ccccc1Cl. The minimum absolute atomic E-state index is 0.0552. The maximum atomic E-state index is 11.7. The van der Waals surface area contributed by atoms with Crippen LogP contribution in [0.25, 0.3) is 0 Å². The molecule has 4 heteroatoms. The highest BCUT2D eigenvalue weighted by atomic mass is 35.5. The van der Waals surface area contributed by atoms with Crippen molar-refractivity contribution < 1.29 is 9.00 Å². The van der Waals surface area contributed by atoms with E-state index in [9.17, 15) is 9.00 Å². The molecule has 0 N–H and O–H groups in total. The molecule has 0 aliphatic heterocycles. The van der Waals surface area contributed by atoms with E-state index in [0.29, 0.717) is 10.8 Å². The Hall–Kier alpha value is -0.670. The van der Waals surface area contributed by atoms with Gasteiger partial charge in [0, 0.05) is 15.8 Å². The average Bonchev–Trinajstić information content (AvgIpc) is 2.20. The van der Waals surface area contributed by atoms with Gasteiger partial charge in [-0.25, -0.2) is 0 Å². The van der Waals surface area contributed by atoms with Crippen LogP contribution in [-0.2, 0) is 21.3 Å². The van der Waals surface area contributed by atoms with Crippen LogP contribution in [0.2, 0.25) is 5.02 Å². The minimum atomic E-state index is -1.19. The van der Waals surface area contributed by atoms with Gasteiger partial charge in [0.2, 0.25) is 0 Å². The summed E-state index contributed by atoms with van der Waals surface area (Å²) in [5.41, 5.74) is 0.825. The Morgan fingerprint density at radius 2 is 2.07 bits per heavy atom. The number of carbonyl (C=O) groups is 1. The lowest BCUT2D eigenvalue weighted by Gasteiger charge is -2.08. The maximum absolute atomic E-state index is 11.7. The number of halogens is 1. The molecule has 1 aromatic rings. The molecule has 0 aliphatic carbocycles. The van der Waals surface area contributed by atoms with Crippen LogP contribution >= 0.6 is 11.6 Å². The van der Waals surface area contributed by atoms with Crippen molar-refractivity contribution in [3.8, 4) is 0 Å². The molecule has 0 aromatic heterocycles.